The van der Waals surface area contributed by atoms with Crippen molar-refractivity contribution in [2.45, 2.75) is 27.2 Å². The van der Waals surface area contributed by atoms with E-state index in [-0.39, 0.29) is 11.4 Å². The third-order valence-electron chi connectivity index (χ3n) is 1.73. The van der Waals surface area contributed by atoms with E-state index in [4.69, 9.17) is 4.74 Å². The number of allylic oxidation sites excluding steroid dienone is 1. The van der Waals surface area contributed by atoms with Gasteiger partial charge in [-0.1, -0.05) is 19.4 Å². The molecule has 0 aromatic heterocycles. The molecule has 0 fully saturated rings. The van der Waals surface area contributed by atoms with Crippen LogP contribution in [0.5, 0.6) is 0 Å². The lowest BCUT2D eigenvalue weighted by molar-refractivity contribution is -0.140. The Morgan fingerprint density at radius 1 is 1.55 bits per heavy atom. The van der Waals surface area contributed by atoms with Gasteiger partial charge in [-0.05, 0) is 13.3 Å². The summed E-state index contributed by atoms with van der Waals surface area (Å²) < 4.78 is 4.97. The summed E-state index contributed by atoms with van der Waals surface area (Å²) >= 11 is 0. The van der Waals surface area contributed by atoms with Crippen LogP contribution in [0.2, 0.25) is 0 Å². The summed E-state index contributed by atoms with van der Waals surface area (Å²) in [7, 11) is 0. The molecule has 0 bridgehead atoms. The van der Waals surface area contributed by atoms with Gasteiger partial charge in [0, 0.05) is 11.5 Å². The molecule has 11 heavy (non-hydrogen) atoms. The third-order valence-corrected chi connectivity index (χ3v) is 1.73. The number of carbonyl (C=O) groups is 1. The second-order valence-electron chi connectivity index (χ2n) is 3.94. The molecule has 0 unspecified atom stereocenters. The minimum Gasteiger partial charge on any atom is -0.462 e. The summed E-state index contributed by atoms with van der Waals surface area (Å²) in [6, 6.07) is 0. The summed E-state index contributed by atoms with van der Waals surface area (Å²) in [6.45, 7) is 6.69. The molecule has 62 valence electrons. The predicted octanol–water partition coefficient (Wildman–Crippen LogP) is 1.91. The second kappa shape index (κ2) is 2.68. The van der Waals surface area contributed by atoms with Gasteiger partial charge in [0.15, 0.2) is 0 Å². The second-order valence-corrected chi connectivity index (χ2v) is 3.94. The van der Waals surface area contributed by atoms with Crippen LogP contribution in [-0.4, -0.2) is 12.6 Å². The number of esters is 1. The summed E-state index contributed by atoms with van der Waals surface area (Å²) in [5.74, 6) is -0.201. The zero-order valence-corrected chi connectivity index (χ0v) is 7.31. The molecule has 0 spiro atoms. The highest BCUT2D eigenvalue weighted by Crippen LogP contribution is 2.27. The molecule has 0 aliphatic carbocycles. The van der Waals surface area contributed by atoms with E-state index in [1.165, 1.54) is 0 Å². The Kier molecular flexibility index (Phi) is 2.03. The van der Waals surface area contributed by atoms with E-state index >= 15 is 0 Å². The first-order chi connectivity index (χ1) is 4.99. The molecule has 2 heteroatoms. The molecule has 0 N–H and O–H groups in total. The fourth-order valence-electron chi connectivity index (χ4n) is 1.37. The minimum atomic E-state index is -0.201. The fourth-order valence-corrected chi connectivity index (χ4v) is 1.37. The maximum Gasteiger partial charge on any atom is 0.330 e. The van der Waals surface area contributed by atoms with Crippen molar-refractivity contribution in [3.8, 4) is 0 Å². The van der Waals surface area contributed by atoms with Crippen LogP contribution in [0.1, 0.15) is 27.2 Å². The lowest BCUT2D eigenvalue weighted by Gasteiger charge is -2.21. The number of cyclic esters (lactones) is 1. The molecule has 0 aromatic carbocycles. The Balaban J connectivity index is 2.76. The molecule has 0 radical (unpaired) electrons. The van der Waals surface area contributed by atoms with E-state index in [1.54, 1.807) is 6.08 Å². The zero-order valence-electron chi connectivity index (χ0n) is 7.31. The van der Waals surface area contributed by atoms with Gasteiger partial charge in [-0.25, -0.2) is 4.79 Å². The molecular formula is C9H14O2. The van der Waals surface area contributed by atoms with Crippen LogP contribution < -0.4 is 0 Å². The highest BCUT2D eigenvalue weighted by atomic mass is 16.5. The summed E-state index contributed by atoms with van der Waals surface area (Å²) in [4.78, 5) is 10.9. The molecule has 0 saturated carbocycles. The first-order valence-corrected chi connectivity index (χ1v) is 3.83. The SMILES string of the molecule is CC1=CC(=O)OCC(C)(C)C1. The summed E-state index contributed by atoms with van der Waals surface area (Å²) in [6.07, 6.45) is 2.52. The lowest BCUT2D eigenvalue weighted by Crippen LogP contribution is -2.18. The average molecular weight is 154 g/mol. The van der Waals surface area contributed by atoms with Gasteiger partial charge in [0.05, 0.1) is 6.61 Å². The maximum atomic E-state index is 10.9. The van der Waals surface area contributed by atoms with E-state index in [0.29, 0.717) is 6.61 Å². The lowest BCUT2D eigenvalue weighted by atomic mass is 9.87. The number of rotatable bonds is 0. The van der Waals surface area contributed by atoms with Gasteiger partial charge < -0.3 is 4.74 Å². The van der Waals surface area contributed by atoms with Crippen molar-refractivity contribution < 1.29 is 9.53 Å². The Hall–Kier alpha value is -0.790. The van der Waals surface area contributed by atoms with Crippen molar-refractivity contribution in [2.24, 2.45) is 5.41 Å². The Morgan fingerprint density at radius 3 is 2.82 bits per heavy atom. The minimum absolute atomic E-state index is 0.104. The molecule has 1 rings (SSSR count). The van der Waals surface area contributed by atoms with Crippen LogP contribution in [-0.2, 0) is 9.53 Å². The molecule has 2 nitrogen and oxygen atoms in total. The van der Waals surface area contributed by atoms with Gasteiger partial charge in [-0.2, -0.15) is 0 Å². The van der Waals surface area contributed by atoms with E-state index < -0.39 is 0 Å². The first kappa shape index (κ1) is 8.31. The quantitative estimate of drug-likeness (QED) is 0.498. The highest BCUT2D eigenvalue weighted by Gasteiger charge is 2.23. The van der Waals surface area contributed by atoms with Crippen LogP contribution >= 0.6 is 0 Å². The van der Waals surface area contributed by atoms with Crippen molar-refractivity contribution in [3.05, 3.63) is 11.6 Å². The molecule has 0 aromatic rings. The maximum absolute atomic E-state index is 10.9. The fraction of sp³-hybridized carbons (Fsp3) is 0.667. The smallest absolute Gasteiger partial charge is 0.330 e. The van der Waals surface area contributed by atoms with E-state index in [1.807, 2.05) is 6.92 Å². The molecule has 1 aliphatic rings. The Labute approximate surface area is 67.2 Å². The Morgan fingerprint density at radius 2 is 2.18 bits per heavy atom. The predicted molar refractivity (Wildman–Crippen MR) is 43.1 cm³/mol. The largest absolute Gasteiger partial charge is 0.462 e. The molecule has 0 atom stereocenters. The molecule has 1 heterocycles. The topological polar surface area (TPSA) is 26.3 Å². The van der Waals surface area contributed by atoms with Gasteiger partial charge in [0.2, 0.25) is 0 Å². The van der Waals surface area contributed by atoms with Crippen LogP contribution in [0.15, 0.2) is 11.6 Å². The standard InChI is InChI=1S/C9H14O2/c1-7-4-8(10)11-6-9(2,3)5-7/h4H,5-6H2,1-3H3. The van der Waals surface area contributed by atoms with Crippen molar-refractivity contribution in [2.75, 3.05) is 6.61 Å². The zero-order chi connectivity index (χ0) is 8.48. The van der Waals surface area contributed by atoms with Gasteiger partial charge in [0.25, 0.3) is 0 Å². The monoisotopic (exact) mass is 154 g/mol. The van der Waals surface area contributed by atoms with Crippen LogP contribution in [0, 0.1) is 5.41 Å². The number of hydrogen-bond acceptors (Lipinski definition) is 2. The average Bonchev–Trinajstić information content (AvgIpc) is 1.90. The van der Waals surface area contributed by atoms with Gasteiger partial charge in [-0.3, -0.25) is 0 Å². The van der Waals surface area contributed by atoms with Gasteiger partial charge in [0.1, 0.15) is 0 Å². The van der Waals surface area contributed by atoms with E-state index in [2.05, 4.69) is 13.8 Å². The van der Waals surface area contributed by atoms with E-state index in [0.717, 1.165) is 12.0 Å². The van der Waals surface area contributed by atoms with Crippen LogP contribution in [0.3, 0.4) is 0 Å². The number of ether oxygens (including phenoxy) is 1. The number of hydrogen-bond donors (Lipinski definition) is 0. The van der Waals surface area contributed by atoms with Gasteiger partial charge >= 0.3 is 5.97 Å². The molecule has 0 saturated heterocycles. The highest BCUT2D eigenvalue weighted by molar-refractivity contribution is 5.83. The summed E-state index contributed by atoms with van der Waals surface area (Å²) in [5, 5.41) is 0. The van der Waals surface area contributed by atoms with Crippen molar-refractivity contribution in [1.82, 2.24) is 0 Å². The molecular weight excluding hydrogens is 140 g/mol. The van der Waals surface area contributed by atoms with Crippen LogP contribution in [0.25, 0.3) is 0 Å². The normalized spacial score (nSPS) is 23.5. The Bertz CT molecular complexity index is 202. The van der Waals surface area contributed by atoms with Crippen molar-refractivity contribution in [1.29, 1.82) is 0 Å². The molecule has 1 aliphatic heterocycles. The first-order valence-electron chi connectivity index (χ1n) is 3.83. The third kappa shape index (κ3) is 2.37. The van der Waals surface area contributed by atoms with Crippen molar-refractivity contribution in [3.63, 3.8) is 0 Å². The van der Waals surface area contributed by atoms with Crippen LogP contribution in [0.4, 0.5) is 0 Å². The van der Waals surface area contributed by atoms with E-state index in [9.17, 15) is 4.79 Å². The van der Waals surface area contributed by atoms with Gasteiger partial charge in [-0.15, -0.1) is 0 Å². The van der Waals surface area contributed by atoms with Crippen molar-refractivity contribution >= 4 is 5.97 Å². The number of carbonyl (C=O) groups excluding carboxylic acids is 1. The summed E-state index contributed by atoms with van der Waals surface area (Å²) in [5.41, 5.74) is 1.21. The molecule has 0 amide bonds.